The number of hydrogen-bond donors (Lipinski definition) is 1. The van der Waals surface area contributed by atoms with Crippen molar-refractivity contribution in [1.82, 2.24) is 4.90 Å². The van der Waals surface area contributed by atoms with Crippen molar-refractivity contribution in [3.63, 3.8) is 0 Å². The fraction of sp³-hybridized carbons (Fsp3) is 0.381. The maximum atomic E-state index is 12.3. The number of benzene rings is 2. The highest BCUT2D eigenvalue weighted by atomic mass is 32.2. The Morgan fingerprint density at radius 3 is 2.40 bits per heavy atom. The zero-order valence-corrected chi connectivity index (χ0v) is 18.0. The van der Waals surface area contributed by atoms with Gasteiger partial charge in [-0.05, 0) is 42.3 Å². The summed E-state index contributed by atoms with van der Waals surface area (Å²) in [6.07, 6.45) is 0.910. The van der Waals surface area contributed by atoms with Crippen LogP contribution in [-0.4, -0.2) is 59.7 Å². The zero-order chi connectivity index (χ0) is 21.7. The molecule has 0 aromatic heterocycles. The van der Waals surface area contributed by atoms with E-state index in [1.54, 1.807) is 13.2 Å². The van der Waals surface area contributed by atoms with E-state index in [1.165, 1.54) is 24.8 Å². The molecule has 2 N–H and O–H groups in total. The van der Waals surface area contributed by atoms with Gasteiger partial charge in [0.25, 0.3) is 0 Å². The number of methoxy groups -OCH3 is 2. The van der Waals surface area contributed by atoms with E-state index in [-0.39, 0.29) is 10.5 Å². The van der Waals surface area contributed by atoms with Crippen molar-refractivity contribution in [1.29, 1.82) is 0 Å². The van der Waals surface area contributed by atoms with Gasteiger partial charge in [0.1, 0.15) is 5.75 Å². The predicted octanol–water partition coefficient (Wildman–Crippen LogP) is 1.84. The number of primary sulfonamides is 1. The van der Waals surface area contributed by atoms with E-state index in [0.29, 0.717) is 12.2 Å². The third kappa shape index (κ3) is 5.29. The number of carbonyl (C=O) groups excluding carboxylic acids is 1. The van der Waals surface area contributed by atoms with Crippen LogP contribution in [0.25, 0.3) is 0 Å². The quantitative estimate of drug-likeness (QED) is 0.694. The number of rotatable bonds is 6. The average molecular weight is 434 g/mol. The molecule has 3 rings (SSSR count). The normalized spacial score (nSPS) is 15.5. The molecule has 30 heavy (non-hydrogen) atoms. The van der Waals surface area contributed by atoms with Gasteiger partial charge in [0.05, 0.1) is 30.4 Å². The Kier molecular flexibility index (Phi) is 6.96. The molecule has 0 saturated carbocycles. The lowest BCUT2D eigenvalue weighted by Gasteiger charge is -2.25. The summed E-state index contributed by atoms with van der Waals surface area (Å²) in [5.41, 5.74) is 2.06. The Bertz CT molecular complexity index is 992. The minimum absolute atomic E-state index is 0.109. The summed E-state index contributed by atoms with van der Waals surface area (Å²) >= 11 is 0. The van der Waals surface area contributed by atoms with Crippen LogP contribution in [0.2, 0.25) is 0 Å². The predicted molar refractivity (Wildman–Crippen MR) is 114 cm³/mol. The molecular weight excluding hydrogens is 406 g/mol. The molecule has 1 saturated heterocycles. The van der Waals surface area contributed by atoms with E-state index in [0.717, 1.165) is 38.3 Å². The van der Waals surface area contributed by atoms with Crippen LogP contribution < -0.4 is 14.8 Å². The van der Waals surface area contributed by atoms with Gasteiger partial charge in [-0.2, -0.15) is 0 Å². The maximum Gasteiger partial charge on any atom is 0.340 e. The highest BCUT2D eigenvalue weighted by Gasteiger charge is 2.23. The lowest BCUT2D eigenvalue weighted by molar-refractivity contribution is 0.0601. The number of nitrogens with two attached hydrogens (primary N) is 1. The highest BCUT2D eigenvalue weighted by molar-refractivity contribution is 7.89. The highest BCUT2D eigenvalue weighted by Crippen LogP contribution is 2.26. The van der Waals surface area contributed by atoms with Crippen LogP contribution in [0.5, 0.6) is 5.75 Å². The molecule has 0 aliphatic carbocycles. The summed E-state index contributed by atoms with van der Waals surface area (Å²) in [6.45, 7) is 4.01. The molecule has 1 aliphatic heterocycles. The minimum Gasteiger partial charge on any atom is -0.497 e. The molecular formula is C21H27N3O5S. The molecule has 0 amide bonds. The molecule has 0 bridgehead atoms. The van der Waals surface area contributed by atoms with Gasteiger partial charge in [0.15, 0.2) is 0 Å². The molecule has 0 spiro atoms. The lowest BCUT2D eigenvalue weighted by atomic mass is 10.1. The summed E-state index contributed by atoms with van der Waals surface area (Å²) < 4.78 is 33.5. The van der Waals surface area contributed by atoms with Gasteiger partial charge in [-0.1, -0.05) is 12.1 Å². The van der Waals surface area contributed by atoms with Crippen LogP contribution in [0.3, 0.4) is 0 Å². The molecule has 0 atom stereocenters. The van der Waals surface area contributed by atoms with E-state index in [4.69, 9.17) is 14.6 Å². The Labute approximate surface area is 177 Å². The van der Waals surface area contributed by atoms with Crippen molar-refractivity contribution in [2.45, 2.75) is 17.9 Å². The Hall–Kier alpha value is -2.62. The summed E-state index contributed by atoms with van der Waals surface area (Å²) in [7, 11) is -0.992. The number of ether oxygens (including phenoxy) is 2. The first-order chi connectivity index (χ1) is 14.3. The first kappa shape index (κ1) is 22.1. The van der Waals surface area contributed by atoms with Gasteiger partial charge in [-0.15, -0.1) is 0 Å². The summed E-state index contributed by atoms with van der Waals surface area (Å²) in [5, 5.41) is 5.22. The van der Waals surface area contributed by atoms with E-state index in [9.17, 15) is 13.2 Å². The van der Waals surface area contributed by atoms with Crippen molar-refractivity contribution in [2.75, 3.05) is 45.3 Å². The summed E-state index contributed by atoms with van der Waals surface area (Å²) in [4.78, 5) is 16.6. The molecule has 0 unspecified atom stereocenters. The van der Waals surface area contributed by atoms with Crippen LogP contribution in [0.1, 0.15) is 22.3 Å². The lowest BCUT2D eigenvalue weighted by Crippen LogP contribution is -2.31. The van der Waals surface area contributed by atoms with Gasteiger partial charge in [0.2, 0.25) is 10.0 Å². The fourth-order valence-corrected chi connectivity index (χ4v) is 4.14. The topological polar surface area (TPSA) is 102 Å². The Balaban J connectivity index is 1.76. The number of esters is 1. The number of nitrogens with zero attached hydrogens (tertiary/aromatic N) is 2. The molecule has 1 fully saturated rings. The van der Waals surface area contributed by atoms with Gasteiger partial charge < -0.3 is 14.4 Å². The largest absolute Gasteiger partial charge is 0.497 e. The average Bonchev–Trinajstić information content (AvgIpc) is 2.98. The van der Waals surface area contributed by atoms with Crippen molar-refractivity contribution in [3.8, 4) is 5.75 Å². The third-order valence-electron chi connectivity index (χ3n) is 5.20. The van der Waals surface area contributed by atoms with Gasteiger partial charge >= 0.3 is 5.97 Å². The number of hydrogen-bond acceptors (Lipinski definition) is 7. The smallest absolute Gasteiger partial charge is 0.340 e. The number of sulfonamides is 1. The fourth-order valence-electron chi connectivity index (χ4n) is 3.60. The first-order valence-electron chi connectivity index (χ1n) is 9.67. The molecule has 0 radical (unpaired) electrons. The van der Waals surface area contributed by atoms with E-state index < -0.39 is 16.0 Å². The Morgan fingerprint density at radius 1 is 1.03 bits per heavy atom. The Morgan fingerprint density at radius 2 is 1.77 bits per heavy atom. The second kappa shape index (κ2) is 9.46. The second-order valence-corrected chi connectivity index (χ2v) is 8.74. The van der Waals surface area contributed by atoms with Crippen molar-refractivity contribution >= 4 is 21.7 Å². The number of carbonyl (C=O) groups is 1. The van der Waals surface area contributed by atoms with Crippen molar-refractivity contribution in [3.05, 3.63) is 53.6 Å². The molecule has 9 heteroatoms. The van der Waals surface area contributed by atoms with E-state index in [2.05, 4.69) is 21.9 Å². The first-order valence-corrected chi connectivity index (χ1v) is 11.2. The van der Waals surface area contributed by atoms with Crippen LogP contribution >= 0.6 is 0 Å². The second-order valence-electron chi connectivity index (χ2n) is 7.18. The molecule has 1 heterocycles. The van der Waals surface area contributed by atoms with Gasteiger partial charge in [0, 0.05) is 32.7 Å². The summed E-state index contributed by atoms with van der Waals surface area (Å²) in [6, 6.07) is 12.4. The molecule has 1 aliphatic rings. The van der Waals surface area contributed by atoms with Gasteiger partial charge in [-0.3, -0.25) is 4.90 Å². The van der Waals surface area contributed by atoms with Crippen LogP contribution in [0.15, 0.2) is 47.4 Å². The van der Waals surface area contributed by atoms with E-state index in [1.807, 2.05) is 12.1 Å². The maximum absolute atomic E-state index is 12.3. The number of anilines is 1. The molecule has 8 nitrogen and oxygen atoms in total. The van der Waals surface area contributed by atoms with Gasteiger partial charge in [-0.25, -0.2) is 18.4 Å². The van der Waals surface area contributed by atoms with E-state index >= 15 is 0 Å². The molecule has 2 aromatic rings. The zero-order valence-electron chi connectivity index (χ0n) is 17.2. The van der Waals surface area contributed by atoms with Crippen LogP contribution in [0.4, 0.5) is 5.69 Å². The van der Waals surface area contributed by atoms with Crippen molar-refractivity contribution in [2.24, 2.45) is 5.14 Å². The molecule has 162 valence electrons. The minimum atomic E-state index is -3.91. The molecule has 2 aromatic carbocycles. The SMILES string of the molecule is COC(=O)c1cc(S(N)(=O)=O)ccc1N1CCCN(Cc2ccc(OC)cc2)CC1. The summed E-state index contributed by atoms with van der Waals surface area (Å²) in [5.74, 6) is 0.244. The van der Waals surface area contributed by atoms with Crippen LogP contribution in [-0.2, 0) is 21.3 Å². The standard InChI is InChI=1S/C21H27N3O5S/c1-28-17-6-4-16(5-7-17)15-23-10-3-11-24(13-12-23)20-9-8-18(30(22,26)27)14-19(20)21(25)29-2/h4-9,14H,3,10-13,15H2,1-2H3,(H2,22,26,27). The van der Waals surface area contributed by atoms with Crippen molar-refractivity contribution < 1.29 is 22.7 Å². The third-order valence-corrected chi connectivity index (χ3v) is 6.11. The van der Waals surface area contributed by atoms with Crippen LogP contribution in [0, 0.1) is 0 Å². The monoisotopic (exact) mass is 433 g/mol.